The Morgan fingerprint density at radius 2 is 1.89 bits per heavy atom. The highest BCUT2D eigenvalue weighted by Crippen LogP contribution is 2.59. The van der Waals surface area contributed by atoms with E-state index in [1.807, 2.05) is 13.8 Å². The van der Waals surface area contributed by atoms with Gasteiger partial charge in [0.05, 0.1) is 5.92 Å². The summed E-state index contributed by atoms with van der Waals surface area (Å²) in [5.41, 5.74) is -0.427. The first-order valence-corrected chi connectivity index (χ1v) is 6.52. The predicted molar refractivity (Wildman–Crippen MR) is 73.0 cm³/mol. The van der Waals surface area contributed by atoms with E-state index in [2.05, 4.69) is 5.32 Å². The van der Waals surface area contributed by atoms with Crippen LogP contribution < -0.4 is 5.32 Å². The SMILES string of the molecule is CC1(C)[C@H](C(=O)NC(C#N)=C(Cl)Cl)[C@@H]1C=C(Cl)Cl. The number of nitrogens with one attached hydrogen (secondary N) is 1. The topological polar surface area (TPSA) is 52.9 Å². The molecule has 1 fully saturated rings. The number of nitriles is 1. The molecule has 0 spiro atoms. The van der Waals surface area contributed by atoms with E-state index in [1.54, 1.807) is 12.1 Å². The second kappa shape index (κ2) is 5.71. The zero-order chi connectivity index (χ0) is 14.1. The zero-order valence-corrected chi connectivity index (χ0v) is 12.6. The molecular weight excluding hydrogens is 318 g/mol. The van der Waals surface area contributed by atoms with E-state index in [0.717, 1.165) is 0 Å². The lowest BCUT2D eigenvalue weighted by atomic mass is 10.1. The summed E-state index contributed by atoms with van der Waals surface area (Å²) in [6, 6.07) is 1.71. The number of hydrogen-bond donors (Lipinski definition) is 1. The average Bonchev–Trinajstić information content (AvgIpc) is 2.75. The van der Waals surface area contributed by atoms with Crippen molar-refractivity contribution in [3.8, 4) is 6.07 Å². The van der Waals surface area contributed by atoms with E-state index in [1.165, 1.54) is 0 Å². The molecule has 0 bridgehead atoms. The summed E-state index contributed by atoms with van der Waals surface area (Å²) >= 11 is 22.1. The van der Waals surface area contributed by atoms with E-state index < -0.39 is 0 Å². The Morgan fingerprint density at radius 1 is 1.33 bits per heavy atom. The van der Waals surface area contributed by atoms with Gasteiger partial charge in [0, 0.05) is 0 Å². The van der Waals surface area contributed by atoms with Crippen LogP contribution in [-0.2, 0) is 4.79 Å². The molecule has 7 heteroatoms. The van der Waals surface area contributed by atoms with Crippen molar-refractivity contribution in [1.82, 2.24) is 5.32 Å². The van der Waals surface area contributed by atoms with Gasteiger partial charge in [-0.2, -0.15) is 5.26 Å². The fourth-order valence-corrected chi connectivity index (χ4v) is 2.39. The molecule has 0 unspecified atom stereocenters. The van der Waals surface area contributed by atoms with Crippen LogP contribution >= 0.6 is 46.4 Å². The maximum atomic E-state index is 12.0. The van der Waals surface area contributed by atoms with E-state index >= 15 is 0 Å². The van der Waals surface area contributed by atoms with Gasteiger partial charge in [-0.25, -0.2) is 0 Å². The number of hydrogen-bond acceptors (Lipinski definition) is 2. The molecule has 0 aliphatic heterocycles. The Hall–Kier alpha value is -0.400. The number of nitrogens with zero attached hydrogens (tertiary/aromatic N) is 1. The van der Waals surface area contributed by atoms with Gasteiger partial charge in [-0.05, 0) is 17.4 Å². The molecule has 1 N–H and O–H groups in total. The average molecular weight is 328 g/mol. The fourth-order valence-electron chi connectivity index (χ4n) is 1.94. The van der Waals surface area contributed by atoms with Gasteiger partial charge in [0.1, 0.15) is 15.1 Å². The lowest BCUT2D eigenvalue weighted by molar-refractivity contribution is -0.122. The molecule has 98 valence electrons. The van der Waals surface area contributed by atoms with Gasteiger partial charge < -0.3 is 5.32 Å². The fraction of sp³-hybridized carbons (Fsp3) is 0.455. The molecular formula is C11H10Cl4N2O. The van der Waals surface area contributed by atoms with Crippen molar-refractivity contribution in [3.63, 3.8) is 0 Å². The summed E-state index contributed by atoms with van der Waals surface area (Å²) in [6.45, 7) is 3.82. The molecule has 0 aromatic carbocycles. The zero-order valence-electron chi connectivity index (χ0n) is 9.60. The number of carbonyl (C=O) groups is 1. The first-order chi connectivity index (χ1) is 8.21. The Labute approximate surface area is 125 Å². The third-order valence-electron chi connectivity index (χ3n) is 3.05. The summed E-state index contributed by atoms with van der Waals surface area (Å²) in [4.78, 5) is 12.0. The maximum Gasteiger partial charge on any atom is 0.229 e. The van der Waals surface area contributed by atoms with Crippen molar-refractivity contribution < 1.29 is 4.79 Å². The third kappa shape index (κ3) is 3.33. The summed E-state index contributed by atoms with van der Waals surface area (Å²) in [7, 11) is 0. The van der Waals surface area contributed by atoms with E-state index in [4.69, 9.17) is 51.7 Å². The summed E-state index contributed by atoms with van der Waals surface area (Å²) in [5.74, 6) is -0.719. The van der Waals surface area contributed by atoms with Crippen molar-refractivity contribution in [2.45, 2.75) is 13.8 Å². The number of amides is 1. The highest BCUT2D eigenvalue weighted by Gasteiger charge is 2.60. The highest BCUT2D eigenvalue weighted by atomic mass is 35.5. The largest absolute Gasteiger partial charge is 0.315 e. The molecule has 0 aromatic rings. The van der Waals surface area contributed by atoms with Crippen LogP contribution in [-0.4, -0.2) is 5.91 Å². The minimum atomic E-state index is -0.328. The van der Waals surface area contributed by atoms with Gasteiger partial charge in [-0.3, -0.25) is 4.79 Å². The Balaban J connectivity index is 2.80. The number of rotatable bonds is 3. The second-order valence-electron chi connectivity index (χ2n) is 4.52. The molecule has 1 amide bonds. The predicted octanol–water partition coefficient (Wildman–Crippen LogP) is 3.86. The lowest BCUT2D eigenvalue weighted by Crippen LogP contribution is -2.26. The summed E-state index contributed by atoms with van der Waals surface area (Å²) in [6.07, 6.45) is 1.62. The van der Waals surface area contributed by atoms with Crippen molar-refractivity contribution in [2.24, 2.45) is 17.3 Å². The van der Waals surface area contributed by atoms with E-state index in [9.17, 15) is 4.79 Å². The molecule has 0 saturated heterocycles. The molecule has 1 rings (SSSR count). The van der Waals surface area contributed by atoms with Gasteiger partial charge in [-0.15, -0.1) is 0 Å². The summed E-state index contributed by atoms with van der Waals surface area (Å²) in [5, 5.41) is 11.1. The van der Waals surface area contributed by atoms with Crippen molar-refractivity contribution in [2.75, 3.05) is 0 Å². The first kappa shape index (κ1) is 15.7. The smallest absolute Gasteiger partial charge is 0.229 e. The number of halogens is 4. The van der Waals surface area contributed by atoms with Crippen LogP contribution in [0.5, 0.6) is 0 Å². The molecule has 0 heterocycles. The van der Waals surface area contributed by atoms with Crippen LogP contribution in [0.2, 0.25) is 0 Å². The van der Waals surface area contributed by atoms with Gasteiger partial charge in [0.15, 0.2) is 5.70 Å². The van der Waals surface area contributed by atoms with Crippen LogP contribution in [0, 0.1) is 28.6 Å². The van der Waals surface area contributed by atoms with Crippen molar-refractivity contribution in [3.05, 3.63) is 20.8 Å². The van der Waals surface area contributed by atoms with Gasteiger partial charge in [-0.1, -0.05) is 60.3 Å². The quantitative estimate of drug-likeness (QED) is 0.800. The van der Waals surface area contributed by atoms with Gasteiger partial charge in [0.2, 0.25) is 5.91 Å². The Morgan fingerprint density at radius 3 is 2.28 bits per heavy atom. The molecule has 0 aromatic heterocycles. The molecule has 2 atom stereocenters. The molecule has 0 radical (unpaired) electrons. The summed E-state index contributed by atoms with van der Waals surface area (Å²) < 4.78 is -0.151. The molecule has 3 nitrogen and oxygen atoms in total. The van der Waals surface area contributed by atoms with Crippen LogP contribution in [0.25, 0.3) is 0 Å². The molecule has 1 aliphatic carbocycles. The Bertz CT molecular complexity index is 468. The minimum Gasteiger partial charge on any atom is -0.315 e. The highest BCUT2D eigenvalue weighted by molar-refractivity contribution is 6.56. The minimum absolute atomic E-state index is 0.0726. The van der Waals surface area contributed by atoms with Crippen LogP contribution in [0.1, 0.15) is 13.8 Å². The van der Waals surface area contributed by atoms with Crippen LogP contribution in [0.3, 0.4) is 0 Å². The van der Waals surface area contributed by atoms with Crippen molar-refractivity contribution in [1.29, 1.82) is 5.26 Å². The molecule has 1 aliphatic rings. The third-order valence-corrected chi connectivity index (χ3v) is 3.68. The van der Waals surface area contributed by atoms with Gasteiger partial charge >= 0.3 is 0 Å². The first-order valence-electron chi connectivity index (χ1n) is 5.01. The number of allylic oxidation sites excluding steroid dienone is 2. The van der Waals surface area contributed by atoms with Crippen molar-refractivity contribution >= 4 is 52.3 Å². The lowest BCUT2D eigenvalue weighted by Gasteiger charge is -2.04. The van der Waals surface area contributed by atoms with Gasteiger partial charge in [0.25, 0.3) is 0 Å². The normalized spacial score (nSPS) is 23.6. The molecule has 18 heavy (non-hydrogen) atoms. The standard InChI is InChI=1S/C11H10Cl4N2O/c1-11(2)5(3-7(12)13)8(11)10(18)17-6(4-16)9(14)15/h3,5,8H,1-2H3,(H,17,18)/t5-,8-/m0/s1. The van der Waals surface area contributed by atoms with Crippen LogP contribution in [0.4, 0.5) is 0 Å². The maximum absolute atomic E-state index is 12.0. The second-order valence-corrected chi connectivity index (χ2v) is 6.47. The molecule has 1 saturated carbocycles. The van der Waals surface area contributed by atoms with E-state index in [-0.39, 0.29) is 37.8 Å². The Kier molecular flexibility index (Phi) is 4.97. The monoisotopic (exact) mass is 326 g/mol. The number of carbonyl (C=O) groups excluding carboxylic acids is 1. The van der Waals surface area contributed by atoms with Crippen LogP contribution in [0.15, 0.2) is 20.8 Å². The van der Waals surface area contributed by atoms with E-state index in [0.29, 0.717) is 0 Å².